The van der Waals surface area contributed by atoms with Gasteiger partial charge in [-0.15, -0.1) is 0 Å². The Labute approximate surface area is 160 Å². The van der Waals surface area contributed by atoms with Gasteiger partial charge in [0.2, 0.25) is 5.91 Å². The van der Waals surface area contributed by atoms with Crippen molar-refractivity contribution in [2.75, 3.05) is 13.6 Å². The van der Waals surface area contributed by atoms with E-state index in [0.717, 1.165) is 5.69 Å². The first-order valence-electron chi connectivity index (χ1n) is 8.87. The first-order valence-corrected chi connectivity index (χ1v) is 8.87. The molecule has 0 saturated heterocycles. The summed E-state index contributed by atoms with van der Waals surface area (Å²) in [5, 5.41) is 10.8. The van der Waals surface area contributed by atoms with E-state index in [1.165, 1.54) is 22.8 Å². The summed E-state index contributed by atoms with van der Waals surface area (Å²) in [6.07, 6.45) is 3.13. The average molecular weight is 384 g/mol. The highest BCUT2D eigenvalue weighted by molar-refractivity contribution is 5.76. The number of amides is 1. The first kappa shape index (κ1) is 19.3. The molecule has 0 spiro atoms. The predicted molar refractivity (Wildman–Crippen MR) is 102 cm³/mol. The van der Waals surface area contributed by atoms with Crippen LogP contribution in [0.4, 0.5) is 5.69 Å². The van der Waals surface area contributed by atoms with E-state index < -0.39 is 10.7 Å². The number of nitro groups is 1. The van der Waals surface area contributed by atoms with Crippen molar-refractivity contribution in [1.29, 1.82) is 0 Å². The van der Waals surface area contributed by atoms with Crippen LogP contribution in [0.25, 0.3) is 11.1 Å². The standard InChI is InChI=1S/C19H20N4O5/c1-21(12-9-14-5-2-3-10-20-14)18(24)6-4-11-22-16-8-7-15(23(26)27)13-17(16)28-19(22)25/h2-3,5,7-8,10,13H,4,6,9,11-12H2,1H3. The number of likely N-dealkylation sites (N-methyl/N-ethyl adjacent to an activating group) is 1. The normalized spacial score (nSPS) is 10.9. The molecule has 0 saturated carbocycles. The smallest absolute Gasteiger partial charge is 0.407 e. The maximum atomic E-state index is 12.3. The van der Waals surface area contributed by atoms with Crippen molar-refractivity contribution >= 4 is 22.7 Å². The quantitative estimate of drug-likeness (QED) is 0.435. The van der Waals surface area contributed by atoms with Gasteiger partial charge in [-0.05, 0) is 24.6 Å². The van der Waals surface area contributed by atoms with Crippen LogP contribution in [0, 0.1) is 10.1 Å². The molecule has 0 atom stereocenters. The molecule has 0 unspecified atom stereocenters. The molecule has 2 aromatic heterocycles. The summed E-state index contributed by atoms with van der Waals surface area (Å²) in [7, 11) is 1.74. The van der Waals surface area contributed by atoms with Gasteiger partial charge in [0.1, 0.15) is 0 Å². The zero-order valence-corrected chi connectivity index (χ0v) is 15.4. The van der Waals surface area contributed by atoms with Crippen LogP contribution in [0.2, 0.25) is 0 Å². The lowest BCUT2D eigenvalue weighted by Gasteiger charge is -2.16. The lowest BCUT2D eigenvalue weighted by molar-refractivity contribution is -0.384. The Hall–Kier alpha value is -3.49. The summed E-state index contributed by atoms with van der Waals surface area (Å²) >= 11 is 0. The second kappa shape index (κ2) is 8.47. The fourth-order valence-electron chi connectivity index (χ4n) is 2.91. The van der Waals surface area contributed by atoms with E-state index in [0.29, 0.717) is 31.4 Å². The van der Waals surface area contributed by atoms with E-state index >= 15 is 0 Å². The van der Waals surface area contributed by atoms with E-state index in [1.54, 1.807) is 18.1 Å². The number of benzene rings is 1. The van der Waals surface area contributed by atoms with Gasteiger partial charge in [-0.2, -0.15) is 0 Å². The molecule has 0 bridgehead atoms. The number of hydrogen-bond donors (Lipinski definition) is 0. The van der Waals surface area contributed by atoms with Crippen molar-refractivity contribution in [3.8, 4) is 0 Å². The minimum absolute atomic E-state index is 0.0209. The van der Waals surface area contributed by atoms with Crippen molar-refractivity contribution in [3.05, 3.63) is 69.0 Å². The number of oxazole rings is 1. The number of hydrogen-bond acceptors (Lipinski definition) is 6. The molecule has 1 aromatic carbocycles. The molecule has 9 nitrogen and oxygen atoms in total. The third kappa shape index (κ3) is 4.43. The van der Waals surface area contributed by atoms with Crippen molar-refractivity contribution in [1.82, 2.24) is 14.5 Å². The highest BCUT2D eigenvalue weighted by atomic mass is 16.6. The van der Waals surface area contributed by atoms with Gasteiger partial charge in [0.15, 0.2) is 5.58 Å². The third-order valence-electron chi connectivity index (χ3n) is 4.49. The van der Waals surface area contributed by atoms with Gasteiger partial charge < -0.3 is 9.32 Å². The largest absolute Gasteiger partial charge is 0.419 e. The number of rotatable bonds is 8. The van der Waals surface area contributed by atoms with Crippen LogP contribution in [-0.4, -0.2) is 38.9 Å². The van der Waals surface area contributed by atoms with Gasteiger partial charge in [-0.3, -0.25) is 24.5 Å². The average Bonchev–Trinajstić information content (AvgIpc) is 3.01. The summed E-state index contributed by atoms with van der Waals surface area (Å²) in [6, 6.07) is 9.70. The number of nitrogens with zero attached hydrogens (tertiary/aromatic N) is 4. The molecule has 0 fully saturated rings. The zero-order chi connectivity index (χ0) is 20.1. The lowest BCUT2D eigenvalue weighted by Crippen LogP contribution is -2.29. The molecule has 3 rings (SSSR count). The second-order valence-corrected chi connectivity index (χ2v) is 6.42. The summed E-state index contributed by atoms with van der Waals surface area (Å²) in [4.78, 5) is 40.5. The van der Waals surface area contributed by atoms with Crippen LogP contribution in [0.1, 0.15) is 18.5 Å². The van der Waals surface area contributed by atoms with Crippen molar-refractivity contribution in [3.63, 3.8) is 0 Å². The van der Waals surface area contributed by atoms with Crippen LogP contribution in [0.15, 0.2) is 51.8 Å². The Morgan fingerprint density at radius 1 is 1.32 bits per heavy atom. The molecule has 0 N–H and O–H groups in total. The van der Waals surface area contributed by atoms with Crippen molar-refractivity contribution in [2.24, 2.45) is 0 Å². The Balaban J connectivity index is 1.55. The fourth-order valence-corrected chi connectivity index (χ4v) is 2.91. The third-order valence-corrected chi connectivity index (χ3v) is 4.49. The van der Waals surface area contributed by atoms with E-state index in [4.69, 9.17) is 4.42 Å². The molecule has 0 aliphatic carbocycles. The molecule has 0 aliphatic rings. The van der Waals surface area contributed by atoms with Crippen LogP contribution in [0.3, 0.4) is 0 Å². The topological polar surface area (TPSA) is 111 Å². The number of fused-ring (bicyclic) bond motifs is 1. The summed E-state index contributed by atoms with van der Waals surface area (Å²) < 4.78 is 6.47. The van der Waals surface area contributed by atoms with E-state index in [9.17, 15) is 19.7 Å². The maximum absolute atomic E-state index is 12.3. The van der Waals surface area contributed by atoms with Crippen LogP contribution < -0.4 is 5.76 Å². The molecule has 0 aliphatic heterocycles. The van der Waals surface area contributed by atoms with Crippen molar-refractivity contribution < 1.29 is 14.1 Å². The summed E-state index contributed by atoms with van der Waals surface area (Å²) in [6.45, 7) is 0.859. The highest BCUT2D eigenvalue weighted by Gasteiger charge is 2.15. The maximum Gasteiger partial charge on any atom is 0.419 e. The molecular weight excluding hydrogens is 364 g/mol. The number of non-ortho nitro benzene ring substituents is 1. The van der Waals surface area contributed by atoms with Crippen LogP contribution in [0.5, 0.6) is 0 Å². The van der Waals surface area contributed by atoms with E-state index in [1.807, 2.05) is 18.2 Å². The van der Waals surface area contributed by atoms with Crippen LogP contribution in [-0.2, 0) is 17.8 Å². The Bertz CT molecular complexity index is 1040. The van der Waals surface area contributed by atoms with Gasteiger partial charge in [-0.1, -0.05) is 6.07 Å². The fraction of sp³-hybridized carbons (Fsp3) is 0.316. The minimum atomic E-state index is -0.591. The molecule has 9 heteroatoms. The number of aryl methyl sites for hydroxylation is 1. The van der Waals surface area contributed by atoms with Gasteiger partial charge in [0.25, 0.3) is 5.69 Å². The van der Waals surface area contributed by atoms with Gasteiger partial charge in [0.05, 0.1) is 16.5 Å². The second-order valence-electron chi connectivity index (χ2n) is 6.42. The molecule has 1 amide bonds. The number of nitro benzene ring substituents is 1. The molecule has 28 heavy (non-hydrogen) atoms. The number of carbonyl (C=O) groups is 1. The van der Waals surface area contributed by atoms with E-state index in [-0.39, 0.29) is 23.6 Å². The number of carbonyl (C=O) groups excluding carboxylic acids is 1. The predicted octanol–water partition coefficient (Wildman–Crippen LogP) is 2.38. The minimum Gasteiger partial charge on any atom is -0.407 e. The van der Waals surface area contributed by atoms with Gasteiger partial charge in [-0.25, -0.2) is 4.79 Å². The summed E-state index contributed by atoms with van der Waals surface area (Å²) in [5.74, 6) is -0.612. The lowest BCUT2D eigenvalue weighted by atomic mass is 10.2. The van der Waals surface area contributed by atoms with E-state index in [2.05, 4.69) is 4.98 Å². The van der Waals surface area contributed by atoms with Gasteiger partial charge >= 0.3 is 5.76 Å². The Morgan fingerprint density at radius 2 is 2.14 bits per heavy atom. The highest BCUT2D eigenvalue weighted by Crippen LogP contribution is 2.20. The molecule has 2 heterocycles. The summed E-state index contributed by atoms with van der Waals surface area (Å²) in [5.41, 5.74) is 1.43. The van der Waals surface area contributed by atoms with Gasteiger partial charge in [0, 0.05) is 50.9 Å². The molecule has 3 aromatic rings. The number of pyridine rings is 1. The first-order chi connectivity index (χ1) is 13.5. The Morgan fingerprint density at radius 3 is 2.86 bits per heavy atom. The molecule has 146 valence electrons. The molecular formula is C19H20N4O5. The Kier molecular flexibility index (Phi) is 5.83. The number of aromatic nitrogens is 2. The van der Waals surface area contributed by atoms with Crippen molar-refractivity contribution in [2.45, 2.75) is 25.8 Å². The zero-order valence-electron chi connectivity index (χ0n) is 15.4. The monoisotopic (exact) mass is 384 g/mol. The molecule has 0 radical (unpaired) electrons. The van der Waals surface area contributed by atoms with Crippen LogP contribution >= 0.6 is 0 Å². The SMILES string of the molecule is CN(CCc1ccccn1)C(=O)CCCn1c(=O)oc2cc([N+](=O)[O-])ccc21.